The smallest absolute Gasteiger partial charge is 0.236 e. The lowest BCUT2D eigenvalue weighted by Crippen LogP contribution is -2.45. The second kappa shape index (κ2) is 8.54. The summed E-state index contributed by atoms with van der Waals surface area (Å²) in [5.74, 6) is 0.949. The standard InChI is InChI=1S/C15H31N3O/c1-5-9-18(11-14-7-6-8-16-10-14)12-15(19)17(4)13(2)3/h13-14,16H,5-12H2,1-4H3. The summed E-state index contributed by atoms with van der Waals surface area (Å²) < 4.78 is 0. The number of hydrogen-bond acceptors (Lipinski definition) is 3. The van der Waals surface area contributed by atoms with Crippen LogP contribution in [0.25, 0.3) is 0 Å². The van der Waals surface area contributed by atoms with Gasteiger partial charge in [0.05, 0.1) is 6.54 Å². The van der Waals surface area contributed by atoms with E-state index in [2.05, 4.69) is 31.0 Å². The van der Waals surface area contributed by atoms with Crippen molar-refractivity contribution in [2.75, 3.05) is 39.8 Å². The second-order valence-electron chi connectivity index (χ2n) is 6.05. The molecule has 112 valence electrons. The van der Waals surface area contributed by atoms with E-state index in [1.807, 2.05) is 11.9 Å². The van der Waals surface area contributed by atoms with Gasteiger partial charge in [0.1, 0.15) is 0 Å². The summed E-state index contributed by atoms with van der Waals surface area (Å²) in [7, 11) is 1.90. The normalized spacial score (nSPS) is 20.0. The lowest BCUT2D eigenvalue weighted by atomic mass is 9.99. The SMILES string of the molecule is CCCN(CC(=O)N(C)C(C)C)CC1CCCNC1. The number of piperidine rings is 1. The van der Waals surface area contributed by atoms with Crippen LogP contribution in [0.5, 0.6) is 0 Å². The number of amides is 1. The first-order valence-electron chi connectivity index (χ1n) is 7.73. The van der Waals surface area contributed by atoms with Gasteiger partial charge in [0.15, 0.2) is 0 Å². The van der Waals surface area contributed by atoms with Crippen LogP contribution < -0.4 is 5.32 Å². The highest BCUT2D eigenvalue weighted by atomic mass is 16.2. The molecule has 1 aliphatic heterocycles. The van der Waals surface area contributed by atoms with E-state index in [1.165, 1.54) is 12.8 Å². The molecule has 0 radical (unpaired) electrons. The Morgan fingerprint density at radius 1 is 1.42 bits per heavy atom. The van der Waals surface area contributed by atoms with Crippen LogP contribution in [-0.4, -0.2) is 61.5 Å². The molecule has 0 aromatic heterocycles. The molecule has 1 rings (SSSR count). The van der Waals surface area contributed by atoms with Gasteiger partial charge in [-0.05, 0) is 58.7 Å². The van der Waals surface area contributed by atoms with Gasteiger partial charge >= 0.3 is 0 Å². The number of nitrogens with zero attached hydrogens (tertiary/aromatic N) is 2. The summed E-state index contributed by atoms with van der Waals surface area (Å²) in [6, 6.07) is 0.285. The van der Waals surface area contributed by atoms with Gasteiger partial charge < -0.3 is 10.2 Å². The largest absolute Gasteiger partial charge is 0.342 e. The molecule has 1 amide bonds. The molecular formula is C15H31N3O. The molecule has 0 bridgehead atoms. The van der Waals surface area contributed by atoms with Crippen molar-refractivity contribution in [1.82, 2.24) is 15.1 Å². The third kappa shape index (κ3) is 5.91. The minimum Gasteiger partial charge on any atom is -0.342 e. The Labute approximate surface area is 118 Å². The Morgan fingerprint density at radius 2 is 2.16 bits per heavy atom. The Bertz CT molecular complexity index is 262. The Hall–Kier alpha value is -0.610. The summed E-state index contributed by atoms with van der Waals surface area (Å²) in [6.07, 6.45) is 3.67. The number of rotatable bonds is 7. The van der Waals surface area contributed by atoms with Crippen molar-refractivity contribution < 1.29 is 4.79 Å². The Balaban J connectivity index is 2.44. The molecule has 1 saturated heterocycles. The van der Waals surface area contributed by atoms with E-state index < -0.39 is 0 Å². The predicted molar refractivity (Wildman–Crippen MR) is 80.2 cm³/mol. The molecule has 1 fully saturated rings. The molecule has 0 aliphatic carbocycles. The molecule has 1 aliphatic rings. The van der Waals surface area contributed by atoms with Gasteiger partial charge in [-0.15, -0.1) is 0 Å². The maximum atomic E-state index is 12.2. The highest BCUT2D eigenvalue weighted by Gasteiger charge is 2.20. The number of carbonyl (C=O) groups is 1. The highest BCUT2D eigenvalue weighted by molar-refractivity contribution is 5.78. The summed E-state index contributed by atoms with van der Waals surface area (Å²) >= 11 is 0. The monoisotopic (exact) mass is 269 g/mol. The lowest BCUT2D eigenvalue weighted by Gasteiger charge is -2.31. The second-order valence-corrected chi connectivity index (χ2v) is 6.05. The third-order valence-electron chi connectivity index (χ3n) is 3.98. The van der Waals surface area contributed by atoms with Crippen molar-refractivity contribution in [3.05, 3.63) is 0 Å². The average molecular weight is 269 g/mol. The maximum absolute atomic E-state index is 12.2. The quantitative estimate of drug-likeness (QED) is 0.762. The molecule has 0 spiro atoms. The van der Waals surface area contributed by atoms with Crippen molar-refractivity contribution in [3.63, 3.8) is 0 Å². The predicted octanol–water partition coefficient (Wildman–Crippen LogP) is 1.56. The van der Waals surface area contributed by atoms with Crippen LogP contribution in [0, 0.1) is 5.92 Å². The van der Waals surface area contributed by atoms with Crippen molar-refractivity contribution in [3.8, 4) is 0 Å². The van der Waals surface area contributed by atoms with E-state index >= 15 is 0 Å². The van der Waals surface area contributed by atoms with Gasteiger partial charge in [-0.2, -0.15) is 0 Å². The fraction of sp³-hybridized carbons (Fsp3) is 0.933. The zero-order valence-electron chi connectivity index (χ0n) is 13.1. The Kier molecular flexibility index (Phi) is 7.39. The number of carbonyl (C=O) groups excluding carboxylic acids is 1. The fourth-order valence-corrected chi connectivity index (χ4v) is 2.59. The molecule has 4 nitrogen and oxygen atoms in total. The van der Waals surface area contributed by atoms with Crippen LogP contribution in [0.15, 0.2) is 0 Å². The van der Waals surface area contributed by atoms with Crippen molar-refractivity contribution in [2.45, 2.75) is 46.1 Å². The van der Waals surface area contributed by atoms with Gasteiger partial charge in [0.2, 0.25) is 5.91 Å². The highest BCUT2D eigenvalue weighted by Crippen LogP contribution is 2.12. The van der Waals surface area contributed by atoms with Crippen LogP contribution >= 0.6 is 0 Å². The number of nitrogens with one attached hydrogen (secondary N) is 1. The van der Waals surface area contributed by atoms with E-state index in [0.29, 0.717) is 12.5 Å². The molecule has 1 N–H and O–H groups in total. The summed E-state index contributed by atoms with van der Waals surface area (Å²) in [5, 5.41) is 3.45. The number of hydrogen-bond donors (Lipinski definition) is 1. The van der Waals surface area contributed by atoms with E-state index in [4.69, 9.17) is 0 Å². The minimum absolute atomic E-state index is 0.243. The van der Waals surface area contributed by atoms with Crippen LogP contribution in [0.2, 0.25) is 0 Å². The van der Waals surface area contributed by atoms with Gasteiger partial charge in [-0.1, -0.05) is 6.92 Å². The van der Waals surface area contributed by atoms with E-state index in [-0.39, 0.29) is 11.9 Å². The maximum Gasteiger partial charge on any atom is 0.236 e. The summed E-state index contributed by atoms with van der Waals surface area (Å²) in [5.41, 5.74) is 0. The molecule has 1 atom stereocenters. The molecular weight excluding hydrogens is 238 g/mol. The first-order valence-corrected chi connectivity index (χ1v) is 7.73. The van der Waals surface area contributed by atoms with Crippen molar-refractivity contribution >= 4 is 5.91 Å². The van der Waals surface area contributed by atoms with Crippen LogP contribution in [0.1, 0.15) is 40.0 Å². The molecule has 1 unspecified atom stereocenters. The topological polar surface area (TPSA) is 35.6 Å². The van der Waals surface area contributed by atoms with E-state index in [1.54, 1.807) is 0 Å². The van der Waals surface area contributed by atoms with Crippen LogP contribution in [0.3, 0.4) is 0 Å². The first-order chi connectivity index (χ1) is 9.04. The fourth-order valence-electron chi connectivity index (χ4n) is 2.59. The number of likely N-dealkylation sites (N-methyl/N-ethyl adjacent to an activating group) is 1. The zero-order chi connectivity index (χ0) is 14.3. The lowest BCUT2D eigenvalue weighted by molar-refractivity contribution is -0.132. The molecule has 0 saturated carbocycles. The Morgan fingerprint density at radius 3 is 2.68 bits per heavy atom. The average Bonchev–Trinajstić information content (AvgIpc) is 2.39. The van der Waals surface area contributed by atoms with Crippen molar-refractivity contribution in [2.24, 2.45) is 5.92 Å². The minimum atomic E-state index is 0.243. The van der Waals surface area contributed by atoms with Gasteiger partial charge in [0, 0.05) is 19.6 Å². The first kappa shape index (κ1) is 16.4. The van der Waals surface area contributed by atoms with Gasteiger partial charge in [-0.25, -0.2) is 0 Å². The zero-order valence-corrected chi connectivity index (χ0v) is 13.1. The molecule has 0 aromatic rings. The molecule has 1 heterocycles. The van der Waals surface area contributed by atoms with E-state index in [9.17, 15) is 4.79 Å². The third-order valence-corrected chi connectivity index (χ3v) is 3.98. The molecule has 4 heteroatoms. The molecule has 19 heavy (non-hydrogen) atoms. The summed E-state index contributed by atoms with van der Waals surface area (Å²) in [4.78, 5) is 16.4. The van der Waals surface area contributed by atoms with Gasteiger partial charge in [-0.3, -0.25) is 9.69 Å². The summed E-state index contributed by atoms with van der Waals surface area (Å²) in [6.45, 7) is 11.2. The van der Waals surface area contributed by atoms with E-state index in [0.717, 1.165) is 32.6 Å². The molecule has 0 aromatic carbocycles. The van der Waals surface area contributed by atoms with Crippen molar-refractivity contribution in [1.29, 1.82) is 0 Å². The van der Waals surface area contributed by atoms with Crippen LogP contribution in [0.4, 0.5) is 0 Å². The van der Waals surface area contributed by atoms with Gasteiger partial charge in [0.25, 0.3) is 0 Å². The van der Waals surface area contributed by atoms with Crippen LogP contribution in [-0.2, 0) is 4.79 Å².